The lowest BCUT2D eigenvalue weighted by atomic mass is 10.0. The Balaban J connectivity index is 1.85. The van der Waals surface area contributed by atoms with E-state index in [1.807, 2.05) is 0 Å². The van der Waals surface area contributed by atoms with E-state index in [0.717, 1.165) is 23.5 Å². The maximum Gasteiger partial charge on any atom is 0.257 e. The first-order chi connectivity index (χ1) is 12.8. The van der Waals surface area contributed by atoms with Crippen molar-refractivity contribution in [3.05, 3.63) is 64.2 Å². The Kier molecular flexibility index (Phi) is 5.24. The Morgan fingerprint density at radius 3 is 2.63 bits per heavy atom. The summed E-state index contributed by atoms with van der Waals surface area (Å²) >= 11 is 5.73. The Hall–Kier alpha value is -2.78. The number of carbonyl (C=O) groups is 1. The zero-order valence-electron chi connectivity index (χ0n) is 14.4. The van der Waals surface area contributed by atoms with Crippen LogP contribution in [0.5, 0.6) is 0 Å². The molecule has 0 aliphatic carbocycles. The summed E-state index contributed by atoms with van der Waals surface area (Å²) in [6.45, 7) is 1.96. The van der Waals surface area contributed by atoms with Crippen LogP contribution in [0.2, 0.25) is 5.02 Å². The van der Waals surface area contributed by atoms with Crippen LogP contribution in [0.1, 0.15) is 23.7 Å². The molecule has 0 spiro atoms. The number of amides is 1. The largest absolute Gasteiger partial charge is 0.399 e. The number of carbonyl (C=O) groups excluding carboxylic acids is 1. The third kappa shape index (κ3) is 3.69. The second-order valence-electron chi connectivity index (χ2n) is 6.02. The van der Waals surface area contributed by atoms with Gasteiger partial charge in [0.25, 0.3) is 5.91 Å². The van der Waals surface area contributed by atoms with Gasteiger partial charge in [-0.3, -0.25) is 4.79 Å². The smallest absolute Gasteiger partial charge is 0.257 e. The van der Waals surface area contributed by atoms with E-state index in [4.69, 9.17) is 23.2 Å². The van der Waals surface area contributed by atoms with Crippen molar-refractivity contribution in [1.29, 1.82) is 0 Å². The number of rotatable bonds is 3. The van der Waals surface area contributed by atoms with E-state index >= 15 is 0 Å². The minimum absolute atomic E-state index is 0.0741. The summed E-state index contributed by atoms with van der Waals surface area (Å²) in [7, 11) is 0. The summed E-state index contributed by atoms with van der Waals surface area (Å²) in [6.07, 6.45) is 2.28. The van der Waals surface area contributed by atoms with E-state index in [1.165, 1.54) is 17.0 Å². The van der Waals surface area contributed by atoms with E-state index in [0.29, 0.717) is 17.8 Å². The first kappa shape index (κ1) is 19.0. The Morgan fingerprint density at radius 1 is 1.33 bits per heavy atom. The number of halogens is 3. The summed E-state index contributed by atoms with van der Waals surface area (Å²) in [5.41, 5.74) is 6.92. The normalized spacial score (nSPS) is 17.2. The first-order valence-corrected chi connectivity index (χ1v) is 8.44. The fourth-order valence-electron chi connectivity index (χ4n) is 2.88. The van der Waals surface area contributed by atoms with E-state index < -0.39 is 23.6 Å². The van der Waals surface area contributed by atoms with Crippen LogP contribution in [-0.2, 0) is 0 Å². The number of anilines is 1. The molecule has 1 amide bonds. The fraction of sp³-hybridized carbons (Fsp3) is 0.235. The molecule has 1 aliphatic rings. The molecule has 1 aromatic carbocycles. The molecule has 1 aromatic heterocycles. The van der Waals surface area contributed by atoms with Gasteiger partial charge in [0.2, 0.25) is 5.95 Å². The SMILES string of the molecule is CC1C(N)=C(N(N)c2ncc(F)cn2)CCN1C(=O)c1ccc(Cl)cc1F. The molecule has 0 saturated heterocycles. The number of aromatic nitrogens is 2. The average Bonchev–Trinajstić information content (AvgIpc) is 2.63. The molecule has 1 aliphatic heterocycles. The van der Waals surface area contributed by atoms with Gasteiger partial charge in [-0.15, -0.1) is 0 Å². The van der Waals surface area contributed by atoms with Crippen molar-refractivity contribution in [3.8, 4) is 0 Å². The molecule has 142 valence electrons. The van der Waals surface area contributed by atoms with Gasteiger partial charge in [0.15, 0.2) is 5.82 Å². The van der Waals surface area contributed by atoms with Gasteiger partial charge in [-0.05, 0) is 25.1 Å². The third-order valence-electron chi connectivity index (χ3n) is 4.38. The minimum Gasteiger partial charge on any atom is -0.399 e. The van der Waals surface area contributed by atoms with Crippen molar-refractivity contribution in [2.75, 3.05) is 11.6 Å². The molecule has 2 aromatic rings. The number of hydrazine groups is 1. The molecule has 10 heteroatoms. The Labute approximate surface area is 159 Å². The lowest BCUT2D eigenvalue weighted by Gasteiger charge is -2.37. The lowest BCUT2D eigenvalue weighted by molar-refractivity contribution is 0.0699. The zero-order valence-corrected chi connectivity index (χ0v) is 15.1. The maximum atomic E-state index is 14.1. The number of nitrogens with zero attached hydrogens (tertiary/aromatic N) is 4. The summed E-state index contributed by atoms with van der Waals surface area (Å²) < 4.78 is 27.1. The van der Waals surface area contributed by atoms with Crippen LogP contribution in [0, 0.1) is 11.6 Å². The van der Waals surface area contributed by atoms with Crippen molar-refractivity contribution >= 4 is 23.5 Å². The van der Waals surface area contributed by atoms with E-state index in [9.17, 15) is 13.6 Å². The minimum atomic E-state index is -0.701. The van der Waals surface area contributed by atoms with Crippen molar-refractivity contribution in [2.45, 2.75) is 19.4 Å². The maximum absolute atomic E-state index is 14.1. The van der Waals surface area contributed by atoms with Crippen molar-refractivity contribution in [2.24, 2.45) is 11.6 Å². The van der Waals surface area contributed by atoms with Crippen molar-refractivity contribution in [3.63, 3.8) is 0 Å². The summed E-state index contributed by atoms with van der Waals surface area (Å²) in [6, 6.07) is 3.33. The third-order valence-corrected chi connectivity index (χ3v) is 4.61. The van der Waals surface area contributed by atoms with Gasteiger partial charge in [0.1, 0.15) is 5.82 Å². The van der Waals surface area contributed by atoms with Crippen LogP contribution < -0.4 is 16.6 Å². The quantitative estimate of drug-likeness (QED) is 0.611. The molecule has 0 fully saturated rings. The lowest BCUT2D eigenvalue weighted by Crippen LogP contribution is -2.49. The van der Waals surface area contributed by atoms with Gasteiger partial charge in [0.05, 0.1) is 35.4 Å². The molecule has 0 saturated carbocycles. The Morgan fingerprint density at radius 2 is 2.00 bits per heavy atom. The van der Waals surface area contributed by atoms with Crippen LogP contribution >= 0.6 is 11.6 Å². The molecule has 1 atom stereocenters. The molecule has 27 heavy (non-hydrogen) atoms. The molecule has 0 bridgehead atoms. The first-order valence-electron chi connectivity index (χ1n) is 8.06. The van der Waals surface area contributed by atoms with Crippen molar-refractivity contribution < 1.29 is 13.6 Å². The second kappa shape index (κ2) is 7.45. The highest BCUT2D eigenvalue weighted by Gasteiger charge is 2.32. The van der Waals surface area contributed by atoms with Crippen LogP contribution in [-0.4, -0.2) is 33.4 Å². The number of hydrogen-bond acceptors (Lipinski definition) is 6. The van der Waals surface area contributed by atoms with Gasteiger partial charge in [-0.2, -0.15) is 0 Å². The molecular weight excluding hydrogens is 378 g/mol. The van der Waals surface area contributed by atoms with Gasteiger partial charge < -0.3 is 10.6 Å². The molecule has 7 nitrogen and oxygen atoms in total. The molecular formula is C17H17ClF2N6O. The van der Waals surface area contributed by atoms with E-state index in [2.05, 4.69) is 9.97 Å². The van der Waals surface area contributed by atoms with Crippen LogP contribution in [0.4, 0.5) is 14.7 Å². The molecule has 2 heterocycles. The highest BCUT2D eigenvalue weighted by Crippen LogP contribution is 2.26. The van der Waals surface area contributed by atoms with Gasteiger partial charge in [-0.25, -0.2) is 29.6 Å². The van der Waals surface area contributed by atoms with E-state index in [1.54, 1.807) is 6.92 Å². The average molecular weight is 395 g/mol. The van der Waals surface area contributed by atoms with Gasteiger partial charge in [-0.1, -0.05) is 11.6 Å². The van der Waals surface area contributed by atoms with Gasteiger partial charge in [0, 0.05) is 18.0 Å². The van der Waals surface area contributed by atoms with Gasteiger partial charge >= 0.3 is 0 Å². The molecule has 3 rings (SSSR count). The highest BCUT2D eigenvalue weighted by molar-refractivity contribution is 6.30. The van der Waals surface area contributed by atoms with Crippen molar-refractivity contribution in [1.82, 2.24) is 14.9 Å². The standard InChI is InChI=1S/C17H17ClF2N6O/c1-9-15(21)14(26(22)17-23-7-11(19)8-24-17)4-5-25(9)16(27)12-3-2-10(18)6-13(12)20/h2-3,6-9H,4-5,21-22H2,1H3. The number of hydrogen-bond donors (Lipinski definition) is 2. The van der Waals surface area contributed by atoms with Crippen LogP contribution in [0.25, 0.3) is 0 Å². The number of benzene rings is 1. The zero-order chi connectivity index (χ0) is 19.7. The van der Waals surface area contributed by atoms with Crippen LogP contribution in [0.3, 0.4) is 0 Å². The van der Waals surface area contributed by atoms with E-state index in [-0.39, 0.29) is 23.1 Å². The monoisotopic (exact) mass is 394 g/mol. The fourth-order valence-corrected chi connectivity index (χ4v) is 3.04. The molecule has 0 radical (unpaired) electrons. The van der Waals surface area contributed by atoms with Crippen LogP contribution in [0.15, 0.2) is 42.0 Å². The second-order valence-corrected chi connectivity index (χ2v) is 6.46. The molecule has 1 unspecified atom stereocenters. The highest BCUT2D eigenvalue weighted by atomic mass is 35.5. The predicted molar refractivity (Wildman–Crippen MR) is 96.4 cm³/mol. The summed E-state index contributed by atoms with van der Waals surface area (Å²) in [4.78, 5) is 21.8. The molecule has 4 N–H and O–H groups in total. The topological polar surface area (TPSA) is 101 Å². The Bertz CT molecular complexity index is 905. The summed E-state index contributed by atoms with van der Waals surface area (Å²) in [5, 5.41) is 1.37. The summed E-state index contributed by atoms with van der Waals surface area (Å²) in [5.74, 6) is 4.30. The predicted octanol–water partition coefficient (Wildman–Crippen LogP) is 2.19. The number of nitrogens with two attached hydrogens (primary N) is 2.